The Bertz CT molecular complexity index is 849. The fraction of sp³-hybridized carbons (Fsp3) is 0.444. The van der Waals surface area contributed by atoms with Gasteiger partial charge in [0.25, 0.3) is 5.65 Å². The lowest BCUT2D eigenvalue weighted by molar-refractivity contribution is 0.0972. The van der Waals surface area contributed by atoms with Crippen molar-refractivity contribution in [1.82, 2.24) is 19.6 Å². The second-order valence-electron chi connectivity index (χ2n) is 4.48. The van der Waals surface area contributed by atoms with Gasteiger partial charge >= 0.3 is 19.1 Å². The van der Waals surface area contributed by atoms with Crippen molar-refractivity contribution in [2.24, 2.45) is 5.22 Å². The zero-order valence-corrected chi connectivity index (χ0v) is 12.7. The molecule has 1 atom stereocenters. The van der Waals surface area contributed by atoms with E-state index in [1.165, 1.54) is 6.33 Å². The maximum absolute atomic E-state index is 11.8. The highest BCUT2D eigenvalue weighted by Gasteiger charge is 2.19. The van der Waals surface area contributed by atoms with E-state index < -0.39 is 25.6 Å². The number of nitrogens with one attached hydrogen (secondary N) is 2. The molecular formula is C9H13N8O5P. The Hall–Kier alpha value is -2.43. The number of rotatable bonds is 7. The number of anilines is 1. The summed E-state index contributed by atoms with van der Waals surface area (Å²) in [6.07, 6.45) is -0.0775. The molecule has 2 aromatic heterocycles. The molecule has 124 valence electrons. The van der Waals surface area contributed by atoms with Crippen LogP contribution in [-0.4, -0.2) is 48.4 Å². The summed E-state index contributed by atoms with van der Waals surface area (Å²) >= 11 is 0. The minimum atomic E-state index is -4.27. The molecule has 2 heterocycles. The Kier molecular flexibility index (Phi) is 4.98. The topological polar surface area (TPSA) is 191 Å². The van der Waals surface area contributed by atoms with Gasteiger partial charge in [0, 0.05) is 6.54 Å². The third kappa shape index (κ3) is 4.28. The summed E-state index contributed by atoms with van der Waals surface area (Å²) < 4.78 is 16.7. The fourth-order valence-corrected chi connectivity index (χ4v) is 2.11. The van der Waals surface area contributed by atoms with Crippen molar-refractivity contribution >= 4 is 24.7 Å². The quantitative estimate of drug-likeness (QED) is 0.236. The number of azide groups is 1. The summed E-state index contributed by atoms with van der Waals surface area (Å²) in [5.41, 5.74) is 8.18. The molecule has 0 spiro atoms. The Morgan fingerprint density at radius 2 is 2.39 bits per heavy atom. The largest absolute Gasteiger partial charge is 0.364 e. The maximum Gasteiger partial charge on any atom is 0.350 e. The monoisotopic (exact) mass is 344 g/mol. The molecule has 0 aliphatic heterocycles. The number of aromatic amines is 1. The molecule has 23 heavy (non-hydrogen) atoms. The van der Waals surface area contributed by atoms with E-state index in [4.69, 9.17) is 20.1 Å². The fourth-order valence-electron chi connectivity index (χ4n) is 1.66. The van der Waals surface area contributed by atoms with Gasteiger partial charge in [-0.3, -0.25) is 9.36 Å². The molecule has 4 N–H and O–H groups in total. The van der Waals surface area contributed by atoms with E-state index in [0.29, 0.717) is 0 Å². The van der Waals surface area contributed by atoms with Crippen LogP contribution in [0.5, 0.6) is 0 Å². The zero-order chi connectivity index (χ0) is 17.0. The van der Waals surface area contributed by atoms with Crippen molar-refractivity contribution in [2.75, 3.05) is 18.2 Å². The number of nitrogens with zero attached hydrogens (tertiary/aromatic N) is 6. The highest BCUT2D eigenvalue weighted by molar-refractivity contribution is 7.51. The van der Waals surface area contributed by atoms with Crippen LogP contribution < -0.4 is 10.9 Å². The molecule has 2 aromatic rings. The van der Waals surface area contributed by atoms with Crippen molar-refractivity contribution in [1.29, 1.82) is 0 Å². The minimum absolute atomic E-state index is 0.0588. The molecule has 0 bridgehead atoms. The molecule has 0 aliphatic carbocycles. The van der Waals surface area contributed by atoms with Gasteiger partial charge in [0.2, 0.25) is 0 Å². The Morgan fingerprint density at radius 3 is 3.04 bits per heavy atom. The van der Waals surface area contributed by atoms with Crippen molar-refractivity contribution in [2.45, 2.75) is 13.0 Å². The number of H-pyrrole nitrogens is 1. The molecule has 0 aliphatic rings. The van der Waals surface area contributed by atoms with E-state index in [2.05, 4.69) is 30.4 Å². The summed E-state index contributed by atoms with van der Waals surface area (Å²) in [5.74, 6) is -0.0703. The molecule has 0 fully saturated rings. The van der Waals surface area contributed by atoms with E-state index in [-0.39, 0.29) is 23.7 Å². The van der Waals surface area contributed by atoms with Crippen LogP contribution in [0.3, 0.4) is 0 Å². The molecule has 14 heteroatoms. The molecule has 0 amide bonds. The van der Waals surface area contributed by atoms with Crippen molar-refractivity contribution in [3.05, 3.63) is 27.1 Å². The maximum atomic E-state index is 11.8. The number of hydrogen-bond acceptors (Lipinski definition) is 7. The summed E-state index contributed by atoms with van der Waals surface area (Å²) in [7, 11) is -4.27. The molecule has 0 radical (unpaired) electrons. The van der Waals surface area contributed by atoms with E-state index in [1.807, 2.05) is 0 Å². The van der Waals surface area contributed by atoms with Crippen LogP contribution in [0, 0.1) is 0 Å². The van der Waals surface area contributed by atoms with E-state index in [0.717, 1.165) is 4.68 Å². The normalized spacial score (nSPS) is 12.8. The number of imidazole rings is 1. The average molecular weight is 344 g/mol. The van der Waals surface area contributed by atoms with Crippen LogP contribution in [0.2, 0.25) is 0 Å². The van der Waals surface area contributed by atoms with Gasteiger partial charge in [0.1, 0.15) is 6.35 Å². The van der Waals surface area contributed by atoms with Gasteiger partial charge in [-0.15, -0.1) is 15.2 Å². The lowest BCUT2D eigenvalue weighted by atomic mass is 10.4. The van der Waals surface area contributed by atoms with Gasteiger partial charge in [0.15, 0.2) is 5.52 Å². The van der Waals surface area contributed by atoms with E-state index >= 15 is 0 Å². The molecule has 0 saturated heterocycles. The first-order valence-corrected chi connectivity index (χ1v) is 8.03. The first-order valence-electron chi connectivity index (χ1n) is 6.23. The minimum Gasteiger partial charge on any atom is -0.364 e. The van der Waals surface area contributed by atoms with Crippen LogP contribution >= 0.6 is 7.60 Å². The summed E-state index contributed by atoms with van der Waals surface area (Å²) in [4.78, 5) is 42.1. The van der Waals surface area contributed by atoms with Gasteiger partial charge in [-0.05, 0) is 12.1 Å². The van der Waals surface area contributed by atoms with Crippen LogP contribution in [0.4, 0.5) is 5.95 Å². The predicted octanol–water partition coefficient (Wildman–Crippen LogP) is 0.145. The molecule has 1 unspecified atom stereocenters. The van der Waals surface area contributed by atoms with Crippen LogP contribution in [0.15, 0.2) is 16.3 Å². The van der Waals surface area contributed by atoms with Crippen LogP contribution in [-0.2, 0) is 9.30 Å². The number of ether oxygens (including phenoxy) is 1. The zero-order valence-electron chi connectivity index (χ0n) is 11.8. The lowest BCUT2D eigenvalue weighted by Crippen LogP contribution is -2.24. The highest BCUT2D eigenvalue weighted by Crippen LogP contribution is 2.34. The van der Waals surface area contributed by atoms with Gasteiger partial charge in [-0.1, -0.05) is 0 Å². The van der Waals surface area contributed by atoms with Crippen LogP contribution in [0.1, 0.15) is 6.92 Å². The Balaban J connectivity index is 2.19. The Labute approximate surface area is 128 Å². The molecular weight excluding hydrogens is 331 g/mol. The van der Waals surface area contributed by atoms with Gasteiger partial charge in [-0.25, -0.2) is 0 Å². The molecule has 13 nitrogen and oxygen atoms in total. The van der Waals surface area contributed by atoms with Gasteiger partial charge < -0.3 is 24.8 Å². The van der Waals surface area contributed by atoms with E-state index in [9.17, 15) is 9.36 Å². The second kappa shape index (κ2) is 6.77. The SMILES string of the molecule is CC(CNc1nc(=O)c2[nH]cnc2n1N=[N+]=[N-])OCP(=O)(O)O. The number of aromatic nitrogens is 4. The standard InChI is InChI=1S/C9H13N8O5P/c1-5(22-4-23(19,20)21)2-11-9-14-8(18)6-7(13-3-12-6)17(9)16-15-10/h3,5H,2,4H2,1H3,(H,12,13)(H,11,14,18)(H2,19,20,21). The molecule has 0 aromatic carbocycles. The Morgan fingerprint density at radius 1 is 1.65 bits per heavy atom. The summed E-state index contributed by atoms with van der Waals surface area (Å²) in [6.45, 7) is 1.62. The molecule has 2 rings (SSSR count). The lowest BCUT2D eigenvalue weighted by Gasteiger charge is -2.14. The van der Waals surface area contributed by atoms with Crippen molar-refractivity contribution < 1.29 is 19.1 Å². The van der Waals surface area contributed by atoms with Crippen molar-refractivity contribution in [3.63, 3.8) is 0 Å². The summed E-state index contributed by atoms with van der Waals surface area (Å²) in [5, 5.41) is 6.11. The third-order valence-electron chi connectivity index (χ3n) is 2.65. The van der Waals surface area contributed by atoms with Gasteiger partial charge in [0.05, 0.1) is 12.4 Å². The summed E-state index contributed by atoms with van der Waals surface area (Å²) in [6, 6.07) is 0. The average Bonchev–Trinajstić information content (AvgIpc) is 2.95. The predicted molar refractivity (Wildman–Crippen MR) is 78.6 cm³/mol. The first-order chi connectivity index (χ1) is 10.8. The third-order valence-corrected chi connectivity index (χ3v) is 3.13. The smallest absolute Gasteiger partial charge is 0.350 e. The second-order valence-corrected chi connectivity index (χ2v) is 6.07. The van der Waals surface area contributed by atoms with Gasteiger partial charge in [-0.2, -0.15) is 9.90 Å². The van der Waals surface area contributed by atoms with E-state index in [1.54, 1.807) is 6.92 Å². The van der Waals surface area contributed by atoms with Crippen molar-refractivity contribution in [3.8, 4) is 0 Å². The first kappa shape index (κ1) is 16.9. The van der Waals surface area contributed by atoms with Crippen LogP contribution in [0.25, 0.3) is 21.6 Å². The molecule has 0 saturated carbocycles. The number of hydrogen-bond donors (Lipinski definition) is 4. The highest BCUT2D eigenvalue weighted by atomic mass is 31.2. The number of fused-ring (bicyclic) bond motifs is 1.